The lowest BCUT2D eigenvalue weighted by molar-refractivity contribution is 0.662. The molecule has 1 heterocycles. The van der Waals surface area contributed by atoms with Gasteiger partial charge < -0.3 is 5.32 Å². The zero-order valence-electron chi connectivity index (χ0n) is 11.0. The van der Waals surface area contributed by atoms with Crippen molar-refractivity contribution in [1.82, 2.24) is 10.3 Å². The number of hydrogen-bond donors (Lipinski definition) is 1. The average Bonchev–Trinajstić information content (AvgIpc) is 3.10. The Balaban J connectivity index is 2.10. The summed E-state index contributed by atoms with van der Waals surface area (Å²) in [5, 5.41) is 3.59. The molecule has 1 aromatic heterocycles. The highest BCUT2D eigenvalue weighted by Crippen LogP contribution is 2.21. The molecule has 0 radical (unpaired) electrons. The van der Waals surface area contributed by atoms with Gasteiger partial charge >= 0.3 is 0 Å². The minimum Gasteiger partial charge on any atom is -0.310 e. The maximum Gasteiger partial charge on any atom is 0.0342 e. The number of nitrogens with zero attached hydrogens (tertiary/aromatic N) is 1. The van der Waals surface area contributed by atoms with E-state index < -0.39 is 0 Å². The van der Waals surface area contributed by atoms with Crippen molar-refractivity contribution in [2.75, 3.05) is 6.54 Å². The van der Waals surface area contributed by atoms with Crippen LogP contribution >= 0.6 is 0 Å². The van der Waals surface area contributed by atoms with E-state index in [1.807, 2.05) is 12.4 Å². The smallest absolute Gasteiger partial charge is 0.0342 e. The monoisotopic (exact) mass is 230 g/mol. The molecule has 0 unspecified atom stereocenters. The van der Waals surface area contributed by atoms with Crippen molar-refractivity contribution in [3.63, 3.8) is 0 Å². The molecule has 0 spiro atoms. The van der Waals surface area contributed by atoms with Gasteiger partial charge in [0.15, 0.2) is 0 Å². The van der Waals surface area contributed by atoms with Gasteiger partial charge in [0.25, 0.3) is 0 Å². The topological polar surface area (TPSA) is 24.9 Å². The predicted octanol–water partition coefficient (Wildman–Crippen LogP) is 3.18. The van der Waals surface area contributed by atoms with Crippen LogP contribution in [0.5, 0.6) is 0 Å². The quantitative estimate of drug-likeness (QED) is 0.840. The van der Waals surface area contributed by atoms with Gasteiger partial charge in [0.2, 0.25) is 0 Å². The Morgan fingerprint density at radius 3 is 2.88 bits per heavy atom. The van der Waals surface area contributed by atoms with Crippen molar-refractivity contribution in [2.24, 2.45) is 5.92 Å². The van der Waals surface area contributed by atoms with Crippen molar-refractivity contribution < 1.29 is 0 Å². The fraction of sp³-hybridized carbons (Fsp3) is 0.533. The molecule has 0 aromatic carbocycles. The van der Waals surface area contributed by atoms with Gasteiger partial charge in [0, 0.05) is 25.0 Å². The lowest BCUT2D eigenvalue weighted by atomic mass is 9.99. The summed E-state index contributed by atoms with van der Waals surface area (Å²) in [6.45, 7) is 7.66. The largest absolute Gasteiger partial charge is 0.310 e. The zero-order valence-corrected chi connectivity index (χ0v) is 11.0. The van der Waals surface area contributed by atoms with Crippen LogP contribution in [-0.2, 0) is 0 Å². The van der Waals surface area contributed by atoms with Gasteiger partial charge in [-0.2, -0.15) is 0 Å². The Labute approximate surface area is 104 Å². The Kier molecular flexibility index (Phi) is 3.95. The third kappa shape index (κ3) is 3.67. The van der Waals surface area contributed by atoms with Gasteiger partial charge in [-0.1, -0.05) is 25.5 Å². The maximum absolute atomic E-state index is 4.20. The lowest BCUT2D eigenvalue weighted by Gasteiger charge is -2.13. The third-order valence-electron chi connectivity index (χ3n) is 3.33. The normalized spacial score (nSPS) is 16.6. The first-order valence-corrected chi connectivity index (χ1v) is 6.51. The average molecular weight is 230 g/mol. The number of nitrogens with one attached hydrogen (secondary N) is 1. The second-order valence-corrected chi connectivity index (χ2v) is 5.26. The van der Waals surface area contributed by atoms with Crippen LogP contribution in [0.2, 0.25) is 0 Å². The molecule has 2 heteroatoms. The highest BCUT2D eigenvalue weighted by Gasteiger charge is 2.20. The van der Waals surface area contributed by atoms with E-state index in [9.17, 15) is 0 Å². The van der Waals surface area contributed by atoms with Crippen molar-refractivity contribution >= 4 is 6.08 Å². The third-order valence-corrected chi connectivity index (χ3v) is 3.33. The van der Waals surface area contributed by atoms with Gasteiger partial charge in [-0.05, 0) is 42.9 Å². The van der Waals surface area contributed by atoms with E-state index in [0.717, 1.165) is 12.6 Å². The van der Waals surface area contributed by atoms with Gasteiger partial charge in [-0.15, -0.1) is 0 Å². The van der Waals surface area contributed by atoms with Gasteiger partial charge in [0.1, 0.15) is 0 Å². The second kappa shape index (κ2) is 5.46. The van der Waals surface area contributed by atoms with Crippen LogP contribution < -0.4 is 5.32 Å². The van der Waals surface area contributed by atoms with Gasteiger partial charge in [0.05, 0.1) is 0 Å². The molecule has 0 saturated heterocycles. The van der Waals surface area contributed by atoms with Gasteiger partial charge in [-0.25, -0.2) is 0 Å². The van der Waals surface area contributed by atoms with E-state index in [1.54, 1.807) is 0 Å². The first-order valence-electron chi connectivity index (χ1n) is 6.51. The molecule has 0 atom stereocenters. The fourth-order valence-corrected chi connectivity index (χ4v) is 1.80. The molecule has 0 aliphatic heterocycles. The SMILES string of the molecule is Cc1ccncc1/C=C(\CNC1CC1)C(C)C. The second-order valence-electron chi connectivity index (χ2n) is 5.26. The first-order chi connectivity index (χ1) is 8.16. The van der Waals surface area contributed by atoms with Crippen molar-refractivity contribution in [1.29, 1.82) is 0 Å². The molecule has 1 N–H and O–H groups in total. The molecule has 1 aliphatic rings. The Hall–Kier alpha value is -1.15. The van der Waals surface area contributed by atoms with Crippen LogP contribution in [0.15, 0.2) is 24.0 Å². The summed E-state index contributed by atoms with van der Waals surface area (Å²) in [5.41, 5.74) is 4.01. The van der Waals surface area contributed by atoms with Crippen LogP contribution in [0.4, 0.5) is 0 Å². The number of rotatable bonds is 5. The number of aryl methyl sites for hydroxylation is 1. The molecule has 92 valence electrons. The van der Waals surface area contributed by atoms with Gasteiger partial charge in [-0.3, -0.25) is 4.98 Å². The molecule has 1 fully saturated rings. The summed E-state index contributed by atoms with van der Waals surface area (Å²) in [7, 11) is 0. The molecule has 2 nitrogen and oxygen atoms in total. The van der Waals surface area contributed by atoms with E-state index >= 15 is 0 Å². The maximum atomic E-state index is 4.20. The fourth-order valence-electron chi connectivity index (χ4n) is 1.80. The van der Waals surface area contributed by atoms with Crippen LogP contribution in [0.25, 0.3) is 6.08 Å². The van der Waals surface area contributed by atoms with E-state index in [0.29, 0.717) is 5.92 Å². The van der Waals surface area contributed by atoms with Crippen molar-refractivity contribution in [2.45, 2.75) is 39.7 Å². The molecule has 0 bridgehead atoms. The van der Waals surface area contributed by atoms with E-state index in [4.69, 9.17) is 0 Å². The Morgan fingerprint density at radius 1 is 1.53 bits per heavy atom. The number of aromatic nitrogens is 1. The first kappa shape index (κ1) is 12.3. The predicted molar refractivity (Wildman–Crippen MR) is 72.8 cm³/mol. The molecule has 17 heavy (non-hydrogen) atoms. The summed E-state index contributed by atoms with van der Waals surface area (Å²) in [6, 6.07) is 2.84. The molecule has 0 amide bonds. The van der Waals surface area contributed by atoms with Crippen molar-refractivity contribution in [3.8, 4) is 0 Å². The lowest BCUT2D eigenvalue weighted by Crippen LogP contribution is -2.21. The Bertz CT molecular complexity index is 403. The Morgan fingerprint density at radius 2 is 2.29 bits per heavy atom. The summed E-state index contributed by atoms with van der Waals surface area (Å²) in [6.07, 6.45) is 8.79. The minimum atomic E-state index is 0.584. The van der Waals surface area contributed by atoms with Crippen LogP contribution in [0, 0.1) is 12.8 Å². The molecule has 2 rings (SSSR count). The van der Waals surface area contributed by atoms with E-state index in [1.165, 1.54) is 29.5 Å². The number of pyridine rings is 1. The molecular weight excluding hydrogens is 208 g/mol. The number of hydrogen-bond acceptors (Lipinski definition) is 2. The molecule has 1 aromatic rings. The summed E-state index contributed by atoms with van der Waals surface area (Å²) < 4.78 is 0. The van der Waals surface area contributed by atoms with Crippen molar-refractivity contribution in [3.05, 3.63) is 35.2 Å². The zero-order chi connectivity index (χ0) is 12.3. The minimum absolute atomic E-state index is 0.584. The standard InChI is InChI=1S/C15H22N2/c1-11(2)13(10-17-15-4-5-15)8-14-9-16-7-6-12(14)3/h6-9,11,15,17H,4-5,10H2,1-3H3/b13-8+. The highest BCUT2D eigenvalue weighted by molar-refractivity contribution is 5.56. The highest BCUT2D eigenvalue weighted by atomic mass is 14.9. The molecule has 1 saturated carbocycles. The van der Waals surface area contributed by atoms with E-state index in [2.05, 4.69) is 43.2 Å². The van der Waals surface area contributed by atoms with Crippen LogP contribution in [-0.4, -0.2) is 17.6 Å². The van der Waals surface area contributed by atoms with Crippen LogP contribution in [0.3, 0.4) is 0 Å². The summed E-state index contributed by atoms with van der Waals surface area (Å²) in [4.78, 5) is 4.20. The van der Waals surface area contributed by atoms with E-state index in [-0.39, 0.29) is 0 Å². The van der Waals surface area contributed by atoms with Crippen LogP contribution in [0.1, 0.15) is 37.8 Å². The summed E-state index contributed by atoms with van der Waals surface area (Å²) >= 11 is 0. The molecular formula is C15H22N2. The molecule has 1 aliphatic carbocycles. The summed E-state index contributed by atoms with van der Waals surface area (Å²) in [5.74, 6) is 0.584.